The van der Waals surface area contributed by atoms with Crippen molar-refractivity contribution in [3.05, 3.63) is 18.0 Å². The van der Waals surface area contributed by atoms with Crippen molar-refractivity contribution in [2.45, 2.75) is 45.4 Å². The van der Waals surface area contributed by atoms with Gasteiger partial charge in [0, 0.05) is 25.8 Å². The van der Waals surface area contributed by atoms with Gasteiger partial charge in [-0.2, -0.15) is 0 Å². The van der Waals surface area contributed by atoms with Crippen LogP contribution >= 0.6 is 9.24 Å². The molecule has 1 N–H and O–H groups in total. The van der Waals surface area contributed by atoms with Crippen molar-refractivity contribution < 1.29 is 47.6 Å². The molecule has 13 heteroatoms. The number of ether oxygens (including phenoxy) is 6. The second kappa shape index (κ2) is 13.8. The second-order valence-electron chi connectivity index (χ2n) is 7.56. The maximum absolute atomic E-state index is 13.0. The first-order valence-electron chi connectivity index (χ1n) is 11.0. The summed E-state index contributed by atoms with van der Waals surface area (Å²) >= 11 is 0. The van der Waals surface area contributed by atoms with Crippen LogP contribution in [0.25, 0.3) is 0 Å². The van der Waals surface area contributed by atoms with Gasteiger partial charge in [-0.25, -0.2) is 9.78 Å². The van der Waals surface area contributed by atoms with Gasteiger partial charge < -0.3 is 33.7 Å². The summed E-state index contributed by atoms with van der Waals surface area (Å²) in [5, 5.41) is 2.46. The molecule has 1 saturated heterocycles. The van der Waals surface area contributed by atoms with Crippen molar-refractivity contribution >= 4 is 33.1 Å². The zero-order valence-electron chi connectivity index (χ0n) is 20.1. The van der Waals surface area contributed by atoms with Crippen LogP contribution in [0.2, 0.25) is 0 Å². The van der Waals surface area contributed by atoms with Crippen LogP contribution in [0.15, 0.2) is 12.3 Å². The topological polar surface area (TPSA) is 149 Å². The van der Waals surface area contributed by atoms with Gasteiger partial charge in [0.05, 0.1) is 13.0 Å². The minimum absolute atomic E-state index is 0.105. The molecule has 0 saturated carbocycles. The van der Waals surface area contributed by atoms with Crippen molar-refractivity contribution in [3.63, 3.8) is 0 Å². The predicted octanol–water partition coefficient (Wildman–Crippen LogP) is 0.863. The van der Waals surface area contributed by atoms with Crippen LogP contribution in [0.4, 0.5) is 0 Å². The molecule has 2 rings (SSSR count). The number of methoxy groups -OCH3 is 1. The Balaban J connectivity index is 2.24. The summed E-state index contributed by atoms with van der Waals surface area (Å²) in [5.74, 6) is -3.43. The summed E-state index contributed by atoms with van der Waals surface area (Å²) in [5.41, 5.74) is -0.240. The molecule has 0 aliphatic carbocycles. The van der Waals surface area contributed by atoms with Crippen LogP contribution in [0.5, 0.6) is 11.5 Å². The normalized spacial score (nSPS) is 22.5. The van der Waals surface area contributed by atoms with E-state index in [9.17, 15) is 19.2 Å². The zero-order chi connectivity index (χ0) is 26.0. The van der Waals surface area contributed by atoms with E-state index in [2.05, 4.69) is 19.5 Å². The SMILES string of the molecule is CCCO[C@H]1[C@H](C)OC(=O)[C@@H](NC(=O)c2nccc(OC)c2OCOC(C)=O)COC(=O)[C@@H]1CP. The number of nitrogens with one attached hydrogen (secondary N) is 1. The monoisotopic (exact) mass is 514 g/mol. The van der Waals surface area contributed by atoms with E-state index in [1.807, 2.05) is 6.92 Å². The van der Waals surface area contributed by atoms with E-state index in [4.69, 9.17) is 28.4 Å². The highest BCUT2D eigenvalue weighted by atomic mass is 31.0. The number of amides is 1. The van der Waals surface area contributed by atoms with Gasteiger partial charge in [0.2, 0.25) is 6.79 Å². The Bertz CT molecular complexity index is 912. The number of esters is 3. The number of hydrogen-bond donors (Lipinski definition) is 1. The van der Waals surface area contributed by atoms with E-state index in [1.165, 1.54) is 26.3 Å². The van der Waals surface area contributed by atoms with Crippen molar-refractivity contribution in [2.75, 3.05) is 33.3 Å². The lowest BCUT2D eigenvalue weighted by Gasteiger charge is -2.28. The third-order valence-electron chi connectivity index (χ3n) is 4.98. The minimum Gasteiger partial charge on any atom is -0.493 e. The number of rotatable bonds is 10. The predicted molar refractivity (Wildman–Crippen MR) is 124 cm³/mol. The number of hydrogen-bond acceptors (Lipinski definition) is 11. The summed E-state index contributed by atoms with van der Waals surface area (Å²) in [7, 11) is 3.82. The smallest absolute Gasteiger partial charge is 0.332 e. The average Bonchev–Trinajstić information content (AvgIpc) is 2.86. The van der Waals surface area contributed by atoms with Crippen LogP contribution in [-0.2, 0) is 33.3 Å². The molecular formula is C22H31N2O10P. The third-order valence-corrected chi connectivity index (χ3v) is 5.49. The first-order valence-corrected chi connectivity index (χ1v) is 11.8. The average molecular weight is 514 g/mol. The van der Waals surface area contributed by atoms with Gasteiger partial charge in [0.1, 0.15) is 18.8 Å². The highest BCUT2D eigenvalue weighted by molar-refractivity contribution is 7.16. The summed E-state index contributed by atoms with van der Waals surface area (Å²) in [6.45, 7) is 4.16. The van der Waals surface area contributed by atoms with Crippen LogP contribution < -0.4 is 14.8 Å². The highest BCUT2D eigenvalue weighted by Crippen LogP contribution is 2.30. The molecule has 2 heterocycles. The van der Waals surface area contributed by atoms with Crippen molar-refractivity contribution in [1.29, 1.82) is 0 Å². The van der Waals surface area contributed by atoms with Gasteiger partial charge in [-0.15, -0.1) is 9.24 Å². The van der Waals surface area contributed by atoms with Gasteiger partial charge in [0.25, 0.3) is 5.91 Å². The second-order valence-corrected chi connectivity index (χ2v) is 8.04. The van der Waals surface area contributed by atoms with Gasteiger partial charge in [0.15, 0.2) is 23.2 Å². The van der Waals surface area contributed by atoms with E-state index in [1.54, 1.807) is 6.92 Å². The van der Waals surface area contributed by atoms with Crippen molar-refractivity contribution in [3.8, 4) is 11.5 Å². The van der Waals surface area contributed by atoms with Crippen molar-refractivity contribution in [1.82, 2.24) is 10.3 Å². The fraction of sp³-hybridized carbons (Fsp3) is 0.591. The number of carbonyl (C=O) groups excluding carboxylic acids is 4. The Hall–Kier alpha value is -2.98. The lowest BCUT2D eigenvalue weighted by Crippen LogP contribution is -2.46. The summed E-state index contributed by atoms with van der Waals surface area (Å²) < 4.78 is 32.0. The largest absolute Gasteiger partial charge is 0.493 e. The first kappa shape index (κ1) is 28.3. The Morgan fingerprint density at radius 2 is 2.03 bits per heavy atom. The molecule has 1 fully saturated rings. The Morgan fingerprint density at radius 1 is 1.29 bits per heavy atom. The minimum atomic E-state index is -1.32. The van der Waals surface area contributed by atoms with Gasteiger partial charge in [-0.05, 0) is 19.5 Å². The number of cyclic esters (lactones) is 2. The fourth-order valence-electron chi connectivity index (χ4n) is 3.26. The van der Waals surface area contributed by atoms with E-state index in [0.717, 1.165) is 0 Å². The molecule has 1 aliphatic rings. The van der Waals surface area contributed by atoms with Gasteiger partial charge in [-0.3, -0.25) is 14.4 Å². The maximum atomic E-state index is 13.0. The number of carbonyl (C=O) groups is 4. The lowest BCUT2D eigenvalue weighted by molar-refractivity contribution is -0.162. The molecule has 5 atom stereocenters. The van der Waals surface area contributed by atoms with E-state index < -0.39 is 61.4 Å². The zero-order valence-corrected chi connectivity index (χ0v) is 21.3. The van der Waals surface area contributed by atoms with E-state index in [-0.39, 0.29) is 17.2 Å². The number of pyridine rings is 1. The molecule has 1 aromatic rings. The maximum Gasteiger partial charge on any atom is 0.332 e. The summed E-state index contributed by atoms with van der Waals surface area (Å²) in [4.78, 5) is 53.6. The Kier molecular flexibility index (Phi) is 11.1. The van der Waals surface area contributed by atoms with Crippen LogP contribution in [0, 0.1) is 5.92 Å². The molecule has 1 aromatic heterocycles. The molecular weight excluding hydrogens is 483 g/mol. The third kappa shape index (κ3) is 7.76. The Morgan fingerprint density at radius 3 is 2.66 bits per heavy atom. The lowest BCUT2D eigenvalue weighted by atomic mass is 10.00. The molecule has 0 aromatic carbocycles. The molecule has 1 unspecified atom stereocenters. The Labute approximate surface area is 205 Å². The quantitative estimate of drug-likeness (QED) is 0.205. The standard InChI is InChI=1S/C22H31N2O10P/c1-5-8-30-18-12(2)34-22(28)15(9-31-21(27)14(18)10-35)24-20(26)17-19(33-11-32-13(3)25)16(29-4)6-7-23-17/h6-7,12,14-15,18H,5,8-11,35H2,1-4H3,(H,24,26)/t12-,14+,15-,18-/m0/s1. The van der Waals surface area contributed by atoms with Gasteiger partial charge in [-0.1, -0.05) is 6.92 Å². The van der Waals surface area contributed by atoms with Crippen LogP contribution in [0.3, 0.4) is 0 Å². The summed E-state index contributed by atoms with van der Waals surface area (Å²) in [6.07, 6.45) is 0.865. The molecule has 1 aliphatic heterocycles. The molecule has 12 nitrogen and oxygen atoms in total. The first-order chi connectivity index (χ1) is 16.7. The van der Waals surface area contributed by atoms with E-state index in [0.29, 0.717) is 19.2 Å². The number of nitrogens with zero attached hydrogens (tertiary/aromatic N) is 1. The molecule has 0 spiro atoms. The molecule has 1 amide bonds. The van der Waals surface area contributed by atoms with Crippen LogP contribution in [0.1, 0.15) is 37.7 Å². The number of aromatic nitrogens is 1. The molecule has 194 valence electrons. The molecule has 0 radical (unpaired) electrons. The fourth-order valence-corrected chi connectivity index (χ4v) is 3.72. The highest BCUT2D eigenvalue weighted by Gasteiger charge is 2.39. The summed E-state index contributed by atoms with van der Waals surface area (Å²) in [6, 6.07) is 0.120. The van der Waals surface area contributed by atoms with Crippen molar-refractivity contribution in [2.24, 2.45) is 5.92 Å². The van der Waals surface area contributed by atoms with Crippen LogP contribution in [-0.4, -0.2) is 80.3 Å². The van der Waals surface area contributed by atoms with E-state index >= 15 is 0 Å². The molecule has 35 heavy (non-hydrogen) atoms. The van der Waals surface area contributed by atoms with Gasteiger partial charge >= 0.3 is 17.9 Å². The molecule has 0 bridgehead atoms.